The SMILES string of the molecule is [CH2]C[Si](OC(C)C)(OC(C)C)OC(C)C. The van der Waals surface area contributed by atoms with Crippen molar-refractivity contribution in [3.05, 3.63) is 6.92 Å². The highest BCUT2D eigenvalue weighted by Gasteiger charge is 2.42. The fourth-order valence-corrected chi connectivity index (χ4v) is 4.01. The second-order valence-corrected chi connectivity index (χ2v) is 7.01. The van der Waals surface area contributed by atoms with Crippen LogP contribution in [-0.4, -0.2) is 27.1 Å². The van der Waals surface area contributed by atoms with E-state index in [9.17, 15) is 0 Å². The maximum absolute atomic E-state index is 5.84. The molecule has 0 saturated carbocycles. The molecular weight excluding hydrogens is 208 g/mol. The third-order valence-electron chi connectivity index (χ3n) is 1.55. The Morgan fingerprint density at radius 2 is 1.07 bits per heavy atom. The first-order chi connectivity index (χ1) is 6.81. The highest BCUT2D eigenvalue weighted by atomic mass is 28.4. The summed E-state index contributed by atoms with van der Waals surface area (Å²) < 4.78 is 17.5. The van der Waals surface area contributed by atoms with E-state index in [-0.39, 0.29) is 18.3 Å². The van der Waals surface area contributed by atoms with Crippen LogP contribution in [0.3, 0.4) is 0 Å². The lowest BCUT2D eigenvalue weighted by molar-refractivity contribution is 0.00539. The lowest BCUT2D eigenvalue weighted by atomic mass is 10.5. The van der Waals surface area contributed by atoms with Crippen molar-refractivity contribution in [2.45, 2.75) is 65.9 Å². The van der Waals surface area contributed by atoms with Gasteiger partial charge in [0.05, 0.1) is 0 Å². The third kappa shape index (κ3) is 6.30. The van der Waals surface area contributed by atoms with Gasteiger partial charge < -0.3 is 13.3 Å². The zero-order valence-electron chi connectivity index (χ0n) is 10.9. The van der Waals surface area contributed by atoms with E-state index >= 15 is 0 Å². The van der Waals surface area contributed by atoms with E-state index in [4.69, 9.17) is 13.3 Å². The van der Waals surface area contributed by atoms with Gasteiger partial charge in [-0.3, -0.25) is 0 Å². The largest absolute Gasteiger partial charge is 0.501 e. The lowest BCUT2D eigenvalue weighted by Gasteiger charge is -2.33. The topological polar surface area (TPSA) is 27.7 Å². The molecule has 4 heteroatoms. The molecule has 0 aromatic heterocycles. The van der Waals surface area contributed by atoms with E-state index in [2.05, 4.69) is 6.92 Å². The van der Waals surface area contributed by atoms with Crippen molar-refractivity contribution >= 4 is 8.80 Å². The van der Waals surface area contributed by atoms with E-state index in [1.54, 1.807) is 0 Å². The van der Waals surface area contributed by atoms with Gasteiger partial charge in [-0.15, -0.1) is 0 Å². The minimum absolute atomic E-state index is 0.107. The van der Waals surface area contributed by atoms with Gasteiger partial charge in [0.2, 0.25) is 0 Å². The highest BCUT2D eigenvalue weighted by molar-refractivity contribution is 6.61. The quantitative estimate of drug-likeness (QED) is 0.633. The van der Waals surface area contributed by atoms with E-state index in [0.29, 0.717) is 6.04 Å². The van der Waals surface area contributed by atoms with Crippen LogP contribution in [0.2, 0.25) is 6.04 Å². The fraction of sp³-hybridized carbons (Fsp3) is 0.909. The van der Waals surface area contributed by atoms with Crippen molar-refractivity contribution in [2.75, 3.05) is 0 Å². The minimum Gasteiger partial charge on any atom is -0.371 e. The molecule has 0 fully saturated rings. The van der Waals surface area contributed by atoms with Crippen LogP contribution in [0.4, 0.5) is 0 Å². The molecule has 0 aliphatic rings. The second kappa shape index (κ2) is 6.63. The summed E-state index contributed by atoms with van der Waals surface area (Å²) in [5.74, 6) is 0. The first kappa shape index (κ1) is 15.1. The zero-order chi connectivity index (χ0) is 12.1. The normalized spacial score (nSPS) is 13.2. The van der Waals surface area contributed by atoms with E-state index in [0.717, 1.165) is 0 Å². The molecule has 0 amide bonds. The molecule has 0 unspecified atom stereocenters. The Hall–Kier alpha value is 0.0969. The van der Waals surface area contributed by atoms with Crippen molar-refractivity contribution in [2.24, 2.45) is 0 Å². The van der Waals surface area contributed by atoms with Crippen molar-refractivity contribution < 1.29 is 13.3 Å². The molecule has 91 valence electrons. The van der Waals surface area contributed by atoms with Crippen LogP contribution in [0.5, 0.6) is 0 Å². The minimum atomic E-state index is -2.57. The Bertz CT molecular complexity index is 143. The maximum atomic E-state index is 5.84. The molecule has 3 nitrogen and oxygen atoms in total. The molecule has 0 N–H and O–H groups in total. The van der Waals surface area contributed by atoms with Gasteiger partial charge in [0.25, 0.3) is 0 Å². The molecule has 0 aliphatic heterocycles. The zero-order valence-corrected chi connectivity index (χ0v) is 11.9. The van der Waals surface area contributed by atoms with Crippen LogP contribution in [0, 0.1) is 6.92 Å². The summed E-state index contributed by atoms with van der Waals surface area (Å²) >= 11 is 0. The average molecular weight is 233 g/mol. The van der Waals surface area contributed by atoms with Crippen molar-refractivity contribution in [3.8, 4) is 0 Å². The molecule has 0 spiro atoms. The van der Waals surface area contributed by atoms with Gasteiger partial charge in [-0.2, -0.15) is 0 Å². The summed E-state index contributed by atoms with van der Waals surface area (Å²) in [5.41, 5.74) is 0. The van der Waals surface area contributed by atoms with Crippen LogP contribution >= 0.6 is 0 Å². The van der Waals surface area contributed by atoms with Crippen molar-refractivity contribution in [3.63, 3.8) is 0 Å². The highest BCUT2D eigenvalue weighted by Crippen LogP contribution is 2.21. The van der Waals surface area contributed by atoms with Gasteiger partial charge in [-0.25, -0.2) is 0 Å². The van der Waals surface area contributed by atoms with Gasteiger partial charge in [0, 0.05) is 24.4 Å². The number of hydrogen-bond acceptors (Lipinski definition) is 3. The van der Waals surface area contributed by atoms with Gasteiger partial charge in [-0.05, 0) is 48.5 Å². The standard InChI is InChI=1S/C11H25O3Si/c1-8-15(12-9(2)3,13-10(4)5)14-11(6)7/h9-11H,1,8H2,2-7H3. The summed E-state index contributed by atoms with van der Waals surface area (Å²) in [7, 11) is -2.57. The lowest BCUT2D eigenvalue weighted by Crippen LogP contribution is -2.50. The molecule has 0 heterocycles. The number of hydrogen-bond donors (Lipinski definition) is 0. The average Bonchev–Trinajstić information content (AvgIpc) is 1.99. The number of rotatable bonds is 7. The van der Waals surface area contributed by atoms with Crippen LogP contribution in [0.25, 0.3) is 0 Å². The molecule has 0 saturated heterocycles. The molecular formula is C11H25O3Si. The Labute approximate surface area is 95.5 Å². The van der Waals surface area contributed by atoms with Crippen LogP contribution < -0.4 is 0 Å². The summed E-state index contributed by atoms with van der Waals surface area (Å²) in [6, 6.07) is 0.571. The van der Waals surface area contributed by atoms with Gasteiger partial charge in [-0.1, -0.05) is 0 Å². The summed E-state index contributed by atoms with van der Waals surface area (Å²) in [4.78, 5) is 0. The molecule has 1 radical (unpaired) electrons. The van der Waals surface area contributed by atoms with Crippen LogP contribution in [0.1, 0.15) is 41.5 Å². The third-order valence-corrected chi connectivity index (χ3v) is 4.66. The van der Waals surface area contributed by atoms with E-state index < -0.39 is 8.80 Å². The Morgan fingerprint density at radius 1 is 0.800 bits per heavy atom. The predicted molar refractivity (Wildman–Crippen MR) is 64.6 cm³/mol. The molecule has 0 aromatic carbocycles. The maximum Gasteiger partial charge on any atom is 0.501 e. The molecule has 0 bridgehead atoms. The Kier molecular flexibility index (Phi) is 6.67. The molecule has 15 heavy (non-hydrogen) atoms. The van der Waals surface area contributed by atoms with Crippen LogP contribution in [-0.2, 0) is 13.3 Å². The Morgan fingerprint density at radius 3 is 1.20 bits per heavy atom. The van der Waals surface area contributed by atoms with Gasteiger partial charge in [0.15, 0.2) is 0 Å². The second-order valence-electron chi connectivity index (χ2n) is 4.43. The monoisotopic (exact) mass is 233 g/mol. The fourth-order valence-electron chi connectivity index (χ4n) is 1.34. The molecule has 0 atom stereocenters. The summed E-state index contributed by atoms with van der Waals surface area (Å²) in [5, 5.41) is 0. The Balaban J connectivity index is 4.59. The molecule has 0 rings (SSSR count). The van der Waals surface area contributed by atoms with Crippen molar-refractivity contribution in [1.82, 2.24) is 0 Å². The van der Waals surface area contributed by atoms with E-state index in [1.165, 1.54) is 0 Å². The van der Waals surface area contributed by atoms with Gasteiger partial charge in [0.1, 0.15) is 0 Å². The van der Waals surface area contributed by atoms with Crippen molar-refractivity contribution in [1.29, 1.82) is 0 Å². The van der Waals surface area contributed by atoms with E-state index in [1.807, 2.05) is 41.5 Å². The van der Waals surface area contributed by atoms with Crippen LogP contribution in [0.15, 0.2) is 0 Å². The first-order valence-corrected chi connectivity index (χ1v) is 7.57. The molecule has 0 aliphatic carbocycles. The predicted octanol–water partition coefficient (Wildman–Crippen LogP) is 3.03. The van der Waals surface area contributed by atoms with Gasteiger partial charge >= 0.3 is 8.80 Å². The smallest absolute Gasteiger partial charge is 0.371 e. The summed E-state index contributed by atoms with van der Waals surface area (Å²) in [6.45, 7) is 15.8. The molecule has 0 aromatic rings. The summed E-state index contributed by atoms with van der Waals surface area (Å²) in [6.07, 6.45) is 0.322. The first-order valence-electron chi connectivity index (χ1n) is 5.64.